The fourth-order valence-electron chi connectivity index (χ4n) is 2.94. The summed E-state index contributed by atoms with van der Waals surface area (Å²) in [7, 11) is 1.66. The van der Waals surface area contributed by atoms with Crippen LogP contribution in [0.3, 0.4) is 0 Å². The van der Waals surface area contributed by atoms with E-state index in [1.54, 1.807) is 7.11 Å². The number of benzene rings is 2. The van der Waals surface area contributed by atoms with Gasteiger partial charge in [0, 0.05) is 23.9 Å². The first-order chi connectivity index (χ1) is 13.0. The lowest BCUT2D eigenvalue weighted by molar-refractivity contribution is 0.410. The molecule has 1 aromatic heterocycles. The Morgan fingerprint density at radius 3 is 2.56 bits per heavy atom. The van der Waals surface area contributed by atoms with Crippen LogP contribution >= 0.6 is 11.6 Å². The van der Waals surface area contributed by atoms with Crippen LogP contribution in [0.2, 0.25) is 5.02 Å². The molecule has 0 saturated carbocycles. The Morgan fingerprint density at radius 1 is 1.04 bits per heavy atom. The van der Waals surface area contributed by atoms with Crippen molar-refractivity contribution in [3.63, 3.8) is 0 Å². The molecule has 0 fully saturated rings. The number of halogens is 1. The summed E-state index contributed by atoms with van der Waals surface area (Å²) in [6.07, 6.45) is 0. The molecule has 0 unspecified atom stereocenters. The Balaban J connectivity index is 1.81. The molecule has 0 amide bonds. The maximum absolute atomic E-state index is 6.40. The number of methoxy groups -OCH3 is 1. The van der Waals surface area contributed by atoms with Gasteiger partial charge in [-0.3, -0.25) is 0 Å². The molecular formula is C21H23ClN4O. The van der Waals surface area contributed by atoms with Gasteiger partial charge in [0.2, 0.25) is 5.95 Å². The Morgan fingerprint density at radius 2 is 1.81 bits per heavy atom. The molecule has 3 rings (SSSR count). The van der Waals surface area contributed by atoms with Gasteiger partial charge in [-0.1, -0.05) is 35.9 Å². The van der Waals surface area contributed by atoms with E-state index in [1.807, 2.05) is 57.2 Å². The summed E-state index contributed by atoms with van der Waals surface area (Å²) in [5, 5.41) is 7.26. The van der Waals surface area contributed by atoms with Crippen molar-refractivity contribution in [1.29, 1.82) is 0 Å². The third-order valence-electron chi connectivity index (χ3n) is 4.17. The van der Waals surface area contributed by atoms with Crippen LogP contribution in [-0.4, -0.2) is 17.1 Å². The maximum atomic E-state index is 6.40. The van der Waals surface area contributed by atoms with Crippen LogP contribution in [0.15, 0.2) is 42.5 Å². The number of rotatable bonds is 6. The van der Waals surface area contributed by atoms with E-state index in [9.17, 15) is 0 Å². The van der Waals surface area contributed by atoms with Crippen LogP contribution in [0.5, 0.6) is 5.75 Å². The molecule has 0 radical (unpaired) electrons. The second kappa shape index (κ2) is 8.27. The number of nitrogens with one attached hydrogen (secondary N) is 2. The highest BCUT2D eigenvalue weighted by Crippen LogP contribution is 2.30. The van der Waals surface area contributed by atoms with Crippen molar-refractivity contribution in [3.05, 3.63) is 69.9 Å². The molecule has 2 aromatic carbocycles. The van der Waals surface area contributed by atoms with Gasteiger partial charge in [-0.05, 0) is 44.0 Å². The molecule has 0 saturated heterocycles. The molecule has 6 heteroatoms. The number of hydrogen-bond donors (Lipinski definition) is 2. The molecule has 0 aliphatic carbocycles. The predicted molar refractivity (Wildman–Crippen MR) is 111 cm³/mol. The summed E-state index contributed by atoms with van der Waals surface area (Å²) in [5.41, 5.74) is 4.95. The zero-order chi connectivity index (χ0) is 19.4. The van der Waals surface area contributed by atoms with Gasteiger partial charge in [0.25, 0.3) is 0 Å². The average Bonchev–Trinajstić information content (AvgIpc) is 2.63. The third-order valence-corrected chi connectivity index (χ3v) is 4.47. The zero-order valence-electron chi connectivity index (χ0n) is 15.9. The van der Waals surface area contributed by atoms with Gasteiger partial charge >= 0.3 is 0 Å². The number of hydrogen-bond acceptors (Lipinski definition) is 5. The lowest BCUT2D eigenvalue weighted by atomic mass is 10.1. The SMILES string of the molecule is COc1ccccc1CNc1nc(C)cc(Nc2c(C)cc(C)cc2Cl)n1. The molecule has 0 spiro atoms. The molecule has 3 aromatic rings. The summed E-state index contributed by atoms with van der Waals surface area (Å²) in [6, 6.07) is 13.8. The summed E-state index contributed by atoms with van der Waals surface area (Å²) < 4.78 is 5.39. The van der Waals surface area contributed by atoms with E-state index in [-0.39, 0.29) is 0 Å². The molecule has 1 heterocycles. The van der Waals surface area contributed by atoms with Crippen molar-refractivity contribution < 1.29 is 4.74 Å². The van der Waals surface area contributed by atoms with E-state index >= 15 is 0 Å². The molecule has 2 N–H and O–H groups in total. The monoisotopic (exact) mass is 382 g/mol. The highest BCUT2D eigenvalue weighted by molar-refractivity contribution is 6.33. The normalized spacial score (nSPS) is 10.6. The van der Waals surface area contributed by atoms with Crippen LogP contribution in [0.4, 0.5) is 17.5 Å². The molecule has 0 aliphatic rings. The molecule has 0 aliphatic heterocycles. The smallest absolute Gasteiger partial charge is 0.225 e. The van der Waals surface area contributed by atoms with Crippen LogP contribution in [0.25, 0.3) is 0 Å². The van der Waals surface area contributed by atoms with Gasteiger partial charge < -0.3 is 15.4 Å². The number of anilines is 3. The second-order valence-corrected chi connectivity index (χ2v) is 6.85. The van der Waals surface area contributed by atoms with Crippen molar-refractivity contribution in [2.75, 3.05) is 17.7 Å². The van der Waals surface area contributed by atoms with Gasteiger partial charge in [0.05, 0.1) is 17.8 Å². The van der Waals surface area contributed by atoms with Gasteiger partial charge in [0.15, 0.2) is 0 Å². The molecule has 0 bridgehead atoms. The van der Waals surface area contributed by atoms with E-state index < -0.39 is 0 Å². The van der Waals surface area contributed by atoms with E-state index in [0.717, 1.165) is 33.8 Å². The van der Waals surface area contributed by atoms with Crippen molar-refractivity contribution in [3.8, 4) is 5.75 Å². The highest BCUT2D eigenvalue weighted by Gasteiger charge is 2.09. The lowest BCUT2D eigenvalue weighted by Crippen LogP contribution is -2.07. The van der Waals surface area contributed by atoms with Crippen molar-refractivity contribution in [1.82, 2.24) is 9.97 Å². The first kappa shape index (κ1) is 19.0. The van der Waals surface area contributed by atoms with E-state index in [1.165, 1.54) is 0 Å². The van der Waals surface area contributed by atoms with Crippen LogP contribution in [0.1, 0.15) is 22.4 Å². The second-order valence-electron chi connectivity index (χ2n) is 6.45. The first-order valence-electron chi connectivity index (χ1n) is 8.71. The minimum Gasteiger partial charge on any atom is -0.496 e. The van der Waals surface area contributed by atoms with Crippen molar-refractivity contribution >= 4 is 29.1 Å². The first-order valence-corrected chi connectivity index (χ1v) is 9.09. The van der Waals surface area contributed by atoms with Gasteiger partial charge in [-0.2, -0.15) is 4.98 Å². The number of aryl methyl sites for hydroxylation is 3. The van der Waals surface area contributed by atoms with E-state index in [0.29, 0.717) is 23.3 Å². The third kappa shape index (κ3) is 4.68. The maximum Gasteiger partial charge on any atom is 0.225 e. The summed E-state index contributed by atoms with van der Waals surface area (Å²) >= 11 is 6.40. The zero-order valence-corrected chi connectivity index (χ0v) is 16.7. The van der Waals surface area contributed by atoms with Gasteiger partial charge in [0.1, 0.15) is 11.6 Å². The van der Waals surface area contributed by atoms with Crippen molar-refractivity contribution in [2.45, 2.75) is 27.3 Å². The predicted octanol–water partition coefficient (Wildman–Crippen LogP) is 5.42. The van der Waals surface area contributed by atoms with Crippen LogP contribution < -0.4 is 15.4 Å². The number of para-hydroxylation sites is 1. The summed E-state index contributed by atoms with van der Waals surface area (Å²) in [5.74, 6) is 2.07. The van der Waals surface area contributed by atoms with E-state index in [4.69, 9.17) is 16.3 Å². The number of aromatic nitrogens is 2. The van der Waals surface area contributed by atoms with Crippen molar-refractivity contribution in [2.24, 2.45) is 0 Å². The van der Waals surface area contributed by atoms with Gasteiger partial charge in [-0.25, -0.2) is 4.98 Å². The Kier molecular flexibility index (Phi) is 5.81. The molecule has 140 valence electrons. The Bertz CT molecular complexity index is 936. The molecule has 5 nitrogen and oxygen atoms in total. The quantitative estimate of drug-likeness (QED) is 0.596. The van der Waals surface area contributed by atoms with E-state index in [2.05, 4.69) is 26.7 Å². The topological polar surface area (TPSA) is 59.1 Å². The fourth-order valence-corrected chi connectivity index (χ4v) is 3.31. The average molecular weight is 383 g/mol. The summed E-state index contributed by atoms with van der Waals surface area (Å²) in [4.78, 5) is 9.04. The summed E-state index contributed by atoms with van der Waals surface area (Å²) in [6.45, 7) is 6.55. The lowest BCUT2D eigenvalue weighted by Gasteiger charge is -2.14. The van der Waals surface area contributed by atoms with Crippen LogP contribution in [0, 0.1) is 20.8 Å². The fraction of sp³-hybridized carbons (Fsp3) is 0.238. The standard InChI is InChI=1S/C21H23ClN4O/c1-13-9-14(2)20(17(22)10-13)25-19-11-15(3)24-21(26-19)23-12-16-7-5-6-8-18(16)27-4/h5-11H,12H2,1-4H3,(H2,23,24,25,26). The number of ether oxygens (including phenoxy) is 1. The molecule has 0 atom stereocenters. The highest BCUT2D eigenvalue weighted by atomic mass is 35.5. The Hall–Kier alpha value is -2.79. The largest absolute Gasteiger partial charge is 0.496 e. The Labute approximate surface area is 164 Å². The molecular weight excluding hydrogens is 360 g/mol. The molecule has 27 heavy (non-hydrogen) atoms. The minimum atomic E-state index is 0.546. The number of nitrogens with zero attached hydrogens (tertiary/aromatic N) is 2. The minimum absolute atomic E-state index is 0.546. The van der Waals surface area contributed by atoms with Crippen LogP contribution in [-0.2, 0) is 6.54 Å². The van der Waals surface area contributed by atoms with Gasteiger partial charge in [-0.15, -0.1) is 0 Å².